The van der Waals surface area contributed by atoms with Crippen molar-refractivity contribution in [2.45, 2.75) is 38.5 Å². The first-order valence-corrected chi connectivity index (χ1v) is 11.3. The van der Waals surface area contributed by atoms with Crippen LogP contribution in [-0.4, -0.2) is 28.8 Å². The number of carbonyl (C=O) groups excluding carboxylic acids is 1. The van der Waals surface area contributed by atoms with Gasteiger partial charge in [0.15, 0.2) is 5.69 Å². The highest BCUT2D eigenvalue weighted by atomic mass is 16.5. The Bertz CT molecular complexity index is 1250. The van der Waals surface area contributed by atoms with Crippen LogP contribution in [0.25, 0.3) is 10.9 Å². The van der Waals surface area contributed by atoms with E-state index in [0.29, 0.717) is 24.6 Å². The van der Waals surface area contributed by atoms with Crippen LogP contribution in [0.1, 0.15) is 40.9 Å². The third-order valence-electron chi connectivity index (χ3n) is 6.12. The average Bonchev–Trinajstić information content (AvgIpc) is 3.19. The van der Waals surface area contributed by atoms with Crippen LogP contribution in [0.5, 0.6) is 11.5 Å². The number of hydrogen-bond acceptors (Lipinski definition) is 4. The summed E-state index contributed by atoms with van der Waals surface area (Å²) in [5, 5.41) is 8.59. The molecule has 1 heterocycles. The monoisotopic (exact) mass is 441 g/mol. The fourth-order valence-corrected chi connectivity index (χ4v) is 3.98. The topological polar surface area (TPSA) is 65.4 Å². The smallest absolute Gasteiger partial charge is 0.272 e. The lowest BCUT2D eigenvalue weighted by molar-refractivity contribution is 0.0912. The van der Waals surface area contributed by atoms with Crippen molar-refractivity contribution < 1.29 is 14.3 Å². The maximum absolute atomic E-state index is 12.9. The Balaban J connectivity index is 1.35. The van der Waals surface area contributed by atoms with Crippen LogP contribution < -0.4 is 14.8 Å². The summed E-state index contributed by atoms with van der Waals surface area (Å²) in [5.41, 5.74) is 3.55. The van der Waals surface area contributed by atoms with Gasteiger partial charge in [-0.05, 0) is 60.7 Å². The molecule has 1 saturated carbocycles. The second-order valence-corrected chi connectivity index (χ2v) is 8.41. The van der Waals surface area contributed by atoms with Gasteiger partial charge in [-0.3, -0.25) is 9.48 Å². The Morgan fingerprint density at radius 1 is 1.00 bits per heavy atom. The van der Waals surface area contributed by atoms with Gasteiger partial charge < -0.3 is 14.8 Å². The molecule has 1 fully saturated rings. The number of nitrogens with zero attached hydrogens (tertiary/aromatic N) is 2. The predicted molar refractivity (Wildman–Crippen MR) is 128 cm³/mol. The number of ether oxygens (including phenoxy) is 2. The SMILES string of the molecule is COc1ccc2c(c1)c(C(=O)NC1CCC1)nn2Cc1ccc(OCc2ccccc2)cc1. The molecule has 0 spiro atoms. The van der Waals surface area contributed by atoms with Gasteiger partial charge >= 0.3 is 0 Å². The molecule has 0 unspecified atom stereocenters. The second-order valence-electron chi connectivity index (χ2n) is 8.41. The number of fused-ring (bicyclic) bond motifs is 1. The van der Waals surface area contributed by atoms with Crippen molar-refractivity contribution in [3.8, 4) is 11.5 Å². The maximum atomic E-state index is 12.9. The van der Waals surface area contributed by atoms with E-state index in [4.69, 9.17) is 9.47 Å². The van der Waals surface area contributed by atoms with Crippen LogP contribution >= 0.6 is 0 Å². The molecular formula is C27H27N3O3. The summed E-state index contributed by atoms with van der Waals surface area (Å²) in [6.07, 6.45) is 3.23. The first-order chi connectivity index (χ1) is 16.2. The summed E-state index contributed by atoms with van der Waals surface area (Å²) >= 11 is 0. The first-order valence-electron chi connectivity index (χ1n) is 11.3. The van der Waals surface area contributed by atoms with Crippen molar-refractivity contribution >= 4 is 16.8 Å². The minimum Gasteiger partial charge on any atom is -0.497 e. The molecule has 0 bridgehead atoms. The highest BCUT2D eigenvalue weighted by Crippen LogP contribution is 2.26. The molecule has 3 aromatic carbocycles. The van der Waals surface area contributed by atoms with E-state index in [-0.39, 0.29) is 11.9 Å². The minimum absolute atomic E-state index is 0.124. The lowest BCUT2D eigenvalue weighted by Gasteiger charge is -2.25. The van der Waals surface area contributed by atoms with Crippen molar-refractivity contribution in [3.63, 3.8) is 0 Å². The lowest BCUT2D eigenvalue weighted by Crippen LogP contribution is -2.39. The predicted octanol–water partition coefficient (Wildman–Crippen LogP) is 4.95. The number of carbonyl (C=O) groups is 1. The van der Waals surface area contributed by atoms with Gasteiger partial charge in [0, 0.05) is 11.4 Å². The molecule has 168 valence electrons. The maximum Gasteiger partial charge on any atom is 0.272 e. The van der Waals surface area contributed by atoms with E-state index in [1.807, 2.05) is 77.5 Å². The van der Waals surface area contributed by atoms with Gasteiger partial charge in [-0.2, -0.15) is 5.10 Å². The van der Waals surface area contributed by atoms with E-state index in [9.17, 15) is 4.79 Å². The van der Waals surface area contributed by atoms with Gasteiger partial charge in [0.2, 0.25) is 0 Å². The van der Waals surface area contributed by atoms with Gasteiger partial charge in [-0.25, -0.2) is 0 Å². The first kappa shape index (κ1) is 21.1. The molecule has 5 rings (SSSR count). The molecule has 0 aliphatic heterocycles. The molecule has 33 heavy (non-hydrogen) atoms. The molecule has 0 radical (unpaired) electrons. The normalized spacial score (nSPS) is 13.5. The van der Waals surface area contributed by atoms with Crippen LogP contribution in [0, 0.1) is 0 Å². The van der Waals surface area contributed by atoms with Crippen LogP contribution in [-0.2, 0) is 13.2 Å². The number of methoxy groups -OCH3 is 1. The Morgan fingerprint density at radius 2 is 1.76 bits per heavy atom. The van der Waals surface area contributed by atoms with Crippen molar-refractivity contribution in [1.82, 2.24) is 15.1 Å². The molecule has 1 amide bonds. The van der Waals surface area contributed by atoms with E-state index >= 15 is 0 Å². The third kappa shape index (κ3) is 4.70. The average molecular weight is 442 g/mol. The summed E-state index contributed by atoms with van der Waals surface area (Å²) in [4.78, 5) is 12.9. The molecule has 6 heteroatoms. The van der Waals surface area contributed by atoms with Gasteiger partial charge in [0.1, 0.15) is 18.1 Å². The molecule has 6 nitrogen and oxygen atoms in total. The number of benzene rings is 3. The van der Waals surface area contributed by atoms with Gasteiger partial charge in [0.05, 0.1) is 19.2 Å². The molecule has 0 saturated heterocycles. The molecule has 1 aromatic heterocycles. The number of amides is 1. The van der Waals surface area contributed by atoms with Crippen LogP contribution in [0.3, 0.4) is 0 Å². The minimum atomic E-state index is -0.124. The Kier molecular flexibility index (Phi) is 5.98. The fraction of sp³-hybridized carbons (Fsp3) is 0.259. The number of nitrogens with one attached hydrogen (secondary N) is 1. The van der Waals surface area contributed by atoms with E-state index < -0.39 is 0 Å². The van der Waals surface area contributed by atoms with Crippen molar-refractivity contribution in [2.75, 3.05) is 7.11 Å². The van der Waals surface area contributed by atoms with Crippen molar-refractivity contribution in [3.05, 3.63) is 89.6 Å². The lowest BCUT2D eigenvalue weighted by atomic mass is 9.93. The quantitative estimate of drug-likeness (QED) is 0.420. The summed E-state index contributed by atoms with van der Waals surface area (Å²) in [5.74, 6) is 1.40. The Morgan fingerprint density at radius 3 is 2.45 bits per heavy atom. The molecule has 1 aliphatic rings. The van der Waals surface area contributed by atoms with E-state index in [1.54, 1.807) is 7.11 Å². The number of hydrogen-bond donors (Lipinski definition) is 1. The van der Waals surface area contributed by atoms with Crippen LogP contribution in [0.15, 0.2) is 72.8 Å². The molecule has 1 aliphatic carbocycles. The second kappa shape index (κ2) is 9.36. The molecule has 0 atom stereocenters. The zero-order valence-corrected chi connectivity index (χ0v) is 18.7. The summed E-state index contributed by atoms with van der Waals surface area (Å²) in [6, 6.07) is 24.1. The van der Waals surface area contributed by atoms with Crippen molar-refractivity contribution in [1.29, 1.82) is 0 Å². The summed E-state index contributed by atoms with van der Waals surface area (Å²) in [7, 11) is 1.63. The third-order valence-corrected chi connectivity index (χ3v) is 6.12. The fourth-order valence-electron chi connectivity index (χ4n) is 3.98. The molecule has 1 N–H and O–H groups in total. The summed E-state index contributed by atoms with van der Waals surface area (Å²) < 4.78 is 13.2. The highest BCUT2D eigenvalue weighted by molar-refractivity contribution is 6.05. The van der Waals surface area contributed by atoms with Crippen LogP contribution in [0.4, 0.5) is 0 Å². The number of rotatable bonds is 8. The Labute approximate surface area is 193 Å². The zero-order valence-electron chi connectivity index (χ0n) is 18.7. The van der Waals surface area contributed by atoms with E-state index in [1.165, 1.54) is 6.42 Å². The summed E-state index contributed by atoms with van der Waals surface area (Å²) in [6.45, 7) is 1.09. The van der Waals surface area contributed by atoms with Gasteiger partial charge in [0.25, 0.3) is 5.91 Å². The van der Waals surface area contributed by atoms with Gasteiger partial charge in [-0.15, -0.1) is 0 Å². The molecule has 4 aromatic rings. The highest BCUT2D eigenvalue weighted by Gasteiger charge is 2.24. The van der Waals surface area contributed by atoms with Gasteiger partial charge in [-0.1, -0.05) is 42.5 Å². The number of aromatic nitrogens is 2. The largest absolute Gasteiger partial charge is 0.497 e. The van der Waals surface area contributed by atoms with E-state index in [0.717, 1.165) is 40.6 Å². The standard InChI is InChI=1S/C27H27N3O3/c1-32-23-14-15-25-24(16-23)26(27(31)28-21-8-5-9-21)29-30(25)17-19-10-12-22(13-11-19)33-18-20-6-3-2-4-7-20/h2-4,6-7,10-16,21H,5,8-9,17-18H2,1H3,(H,28,31). The van der Waals surface area contributed by atoms with E-state index in [2.05, 4.69) is 10.4 Å². The Hall–Kier alpha value is -3.80. The zero-order chi connectivity index (χ0) is 22.6. The molecular weight excluding hydrogens is 414 g/mol. The van der Waals surface area contributed by atoms with Crippen molar-refractivity contribution in [2.24, 2.45) is 0 Å². The van der Waals surface area contributed by atoms with Crippen LogP contribution in [0.2, 0.25) is 0 Å².